The van der Waals surface area contributed by atoms with E-state index in [-0.39, 0.29) is 5.82 Å². The Bertz CT molecular complexity index is 390. The molecule has 1 rings (SSSR count). The number of hydrogen-bond acceptors (Lipinski definition) is 1. The number of anilines is 1. The molecule has 0 aliphatic heterocycles. The van der Waals surface area contributed by atoms with Crippen LogP contribution in [0, 0.1) is 24.6 Å². The molecule has 14 heavy (non-hydrogen) atoms. The number of halogens is 2. The molecule has 1 aromatic carbocycles. The van der Waals surface area contributed by atoms with Crippen molar-refractivity contribution in [1.82, 2.24) is 0 Å². The number of benzene rings is 1. The van der Waals surface area contributed by atoms with Crippen molar-refractivity contribution in [3.05, 3.63) is 29.1 Å². The van der Waals surface area contributed by atoms with Crippen LogP contribution < -0.4 is 5.73 Å². The van der Waals surface area contributed by atoms with E-state index in [1.807, 2.05) is 0 Å². The Morgan fingerprint density at radius 3 is 2.86 bits per heavy atom. The predicted molar refractivity (Wildman–Crippen MR) is 60.8 cm³/mol. The van der Waals surface area contributed by atoms with Crippen LogP contribution in [0.25, 0.3) is 0 Å². The summed E-state index contributed by atoms with van der Waals surface area (Å²) in [7, 11) is 0. The molecule has 0 heterocycles. The van der Waals surface area contributed by atoms with E-state index in [0.717, 1.165) is 17.3 Å². The van der Waals surface area contributed by atoms with E-state index in [0.29, 0.717) is 11.3 Å². The summed E-state index contributed by atoms with van der Waals surface area (Å²) in [5.41, 5.74) is 7.62. The molecule has 0 aliphatic carbocycles. The van der Waals surface area contributed by atoms with Crippen LogP contribution in [0.3, 0.4) is 0 Å². The molecule has 0 amide bonds. The van der Waals surface area contributed by atoms with Gasteiger partial charge in [0.05, 0.1) is 11.3 Å². The van der Waals surface area contributed by atoms with Gasteiger partial charge in [0.15, 0.2) is 0 Å². The van der Waals surface area contributed by atoms with Crippen LogP contribution in [-0.4, -0.2) is 5.33 Å². The molecule has 0 saturated heterocycles. The van der Waals surface area contributed by atoms with Gasteiger partial charge in [0, 0.05) is 11.8 Å². The molecule has 0 fully saturated rings. The molecule has 0 radical (unpaired) electrons. The van der Waals surface area contributed by atoms with Gasteiger partial charge in [-0.1, -0.05) is 27.8 Å². The molecule has 74 valence electrons. The highest BCUT2D eigenvalue weighted by atomic mass is 79.9. The van der Waals surface area contributed by atoms with Crippen LogP contribution in [0.1, 0.15) is 17.5 Å². The summed E-state index contributed by atoms with van der Waals surface area (Å²) >= 11 is 3.26. The van der Waals surface area contributed by atoms with Gasteiger partial charge >= 0.3 is 0 Å². The zero-order valence-electron chi connectivity index (χ0n) is 7.90. The maximum atomic E-state index is 13.0. The van der Waals surface area contributed by atoms with Crippen molar-refractivity contribution < 1.29 is 4.39 Å². The van der Waals surface area contributed by atoms with E-state index >= 15 is 0 Å². The summed E-state index contributed by atoms with van der Waals surface area (Å²) in [5, 5.41) is 0.814. The van der Waals surface area contributed by atoms with Crippen molar-refractivity contribution >= 4 is 21.6 Å². The Kier molecular flexibility index (Phi) is 3.97. The molecule has 1 nitrogen and oxygen atoms in total. The number of aryl methyl sites for hydroxylation is 1. The number of alkyl halides is 1. The van der Waals surface area contributed by atoms with E-state index in [4.69, 9.17) is 5.73 Å². The van der Waals surface area contributed by atoms with Crippen LogP contribution in [0.15, 0.2) is 12.1 Å². The number of hydrogen-bond donors (Lipinski definition) is 1. The van der Waals surface area contributed by atoms with Crippen molar-refractivity contribution in [2.75, 3.05) is 11.1 Å². The fraction of sp³-hybridized carbons (Fsp3) is 0.273. The smallest absolute Gasteiger partial charge is 0.124 e. The van der Waals surface area contributed by atoms with Crippen LogP contribution in [-0.2, 0) is 0 Å². The molecule has 0 unspecified atom stereocenters. The molecule has 3 heteroatoms. The Labute approximate surface area is 91.6 Å². The Hall–Kier alpha value is -1.01. The van der Waals surface area contributed by atoms with Crippen LogP contribution >= 0.6 is 15.9 Å². The minimum Gasteiger partial charge on any atom is -0.397 e. The average molecular weight is 256 g/mol. The zero-order chi connectivity index (χ0) is 10.6. The minimum atomic E-state index is -0.292. The Morgan fingerprint density at radius 2 is 2.21 bits per heavy atom. The molecule has 0 spiro atoms. The standard InChI is InChI=1S/C11H11BrFN/c1-8-6-10(13)7-9(11(8)14)4-2-3-5-12/h6-7H,3,5,14H2,1H3. The van der Waals surface area contributed by atoms with Gasteiger partial charge in [0.2, 0.25) is 0 Å². The largest absolute Gasteiger partial charge is 0.397 e. The summed E-state index contributed by atoms with van der Waals surface area (Å²) in [6, 6.07) is 2.77. The van der Waals surface area contributed by atoms with Crippen molar-refractivity contribution in [2.45, 2.75) is 13.3 Å². The van der Waals surface area contributed by atoms with E-state index in [1.54, 1.807) is 6.92 Å². The number of nitrogens with two attached hydrogens (primary N) is 1. The summed E-state index contributed by atoms with van der Waals surface area (Å²) < 4.78 is 13.0. The average Bonchev–Trinajstić information content (AvgIpc) is 2.13. The van der Waals surface area contributed by atoms with Crippen LogP contribution in [0.5, 0.6) is 0 Å². The van der Waals surface area contributed by atoms with Crippen molar-refractivity contribution in [3.8, 4) is 11.8 Å². The maximum Gasteiger partial charge on any atom is 0.124 e. The summed E-state index contributed by atoms with van der Waals surface area (Å²) in [5.74, 6) is 5.46. The fourth-order valence-electron chi connectivity index (χ4n) is 1.06. The Morgan fingerprint density at radius 1 is 1.50 bits per heavy atom. The molecule has 0 aliphatic rings. The Balaban J connectivity index is 3.04. The second kappa shape index (κ2) is 5.02. The second-order valence-electron chi connectivity index (χ2n) is 2.92. The number of nitrogen functional groups attached to an aromatic ring is 1. The quantitative estimate of drug-likeness (QED) is 0.466. The first-order valence-corrected chi connectivity index (χ1v) is 5.37. The van der Waals surface area contributed by atoms with Gasteiger partial charge in [-0.05, 0) is 24.6 Å². The number of rotatable bonds is 1. The van der Waals surface area contributed by atoms with Gasteiger partial charge in [0.25, 0.3) is 0 Å². The third-order valence-corrected chi connectivity index (χ3v) is 2.19. The highest BCUT2D eigenvalue weighted by Crippen LogP contribution is 2.17. The van der Waals surface area contributed by atoms with Gasteiger partial charge in [-0.25, -0.2) is 4.39 Å². The lowest BCUT2D eigenvalue weighted by atomic mass is 10.1. The zero-order valence-corrected chi connectivity index (χ0v) is 9.49. The first kappa shape index (κ1) is 11.1. The second-order valence-corrected chi connectivity index (χ2v) is 3.72. The molecule has 0 bridgehead atoms. The first-order chi connectivity index (χ1) is 6.65. The topological polar surface area (TPSA) is 26.0 Å². The van der Waals surface area contributed by atoms with Crippen molar-refractivity contribution in [3.63, 3.8) is 0 Å². The molecule has 0 atom stereocenters. The molecule has 1 aromatic rings. The van der Waals surface area contributed by atoms with E-state index < -0.39 is 0 Å². The lowest BCUT2D eigenvalue weighted by Crippen LogP contribution is -1.95. The predicted octanol–water partition coefficient (Wildman–Crippen LogP) is 2.85. The van der Waals surface area contributed by atoms with E-state index in [9.17, 15) is 4.39 Å². The summed E-state index contributed by atoms with van der Waals surface area (Å²) in [6.07, 6.45) is 0.731. The van der Waals surface area contributed by atoms with E-state index in [1.165, 1.54) is 12.1 Å². The van der Waals surface area contributed by atoms with Crippen molar-refractivity contribution in [2.24, 2.45) is 0 Å². The van der Waals surface area contributed by atoms with Crippen LogP contribution in [0.4, 0.5) is 10.1 Å². The molecule has 2 N–H and O–H groups in total. The van der Waals surface area contributed by atoms with Gasteiger partial charge in [0.1, 0.15) is 5.82 Å². The van der Waals surface area contributed by atoms with Gasteiger partial charge in [-0.2, -0.15) is 0 Å². The third-order valence-electron chi connectivity index (χ3n) is 1.79. The molecular weight excluding hydrogens is 245 g/mol. The normalized spacial score (nSPS) is 9.36. The first-order valence-electron chi connectivity index (χ1n) is 4.25. The minimum absolute atomic E-state index is 0.292. The molecular formula is C11H11BrFN. The van der Waals surface area contributed by atoms with E-state index in [2.05, 4.69) is 27.8 Å². The fourth-order valence-corrected chi connectivity index (χ4v) is 1.26. The lowest BCUT2D eigenvalue weighted by Gasteiger charge is -2.02. The van der Waals surface area contributed by atoms with Gasteiger partial charge in [-0.15, -0.1) is 0 Å². The molecule has 0 saturated carbocycles. The third kappa shape index (κ3) is 2.74. The highest BCUT2D eigenvalue weighted by molar-refractivity contribution is 9.09. The molecule has 0 aromatic heterocycles. The van der Waals surface area contributed by atoms with Gasteiger partial charge < -0.3 is 5.73 Å². The lowest BCUT2D eigenvalue weighted by molar-refractivity contribution is 0.626. The highest BCUT2D eigenvalue weighted by Gasteiger charge is 2.02. The maximum absolute atomic E-state index is 13.0. The van der Waals surface area contributed by atoms with Gasteiger partial charge in [-0.3, -0.25) is 0 Å². The monoisotopic (exact) mass is 255 g/mol. The van der Waals surface area contributed by atoms with Crippen LogP contribution in [0.2, 0.25) is 0 Å². The summed E-state index contributed by atoms with van der Waals surface area (Å²) in [4.78, 5) is 0. The van der Waals surface area contributed by atoms with Crippen molar-refractivity contribution in [1.29, 1.82) is 0 Å². The summed E-state index contributed by atoms with van der Waals surface area (Å²) in [6.45, 7) is 1.77. The SMILES string of the molecule is Cc1cc(F)cc(C#CCCBr)c1N.